The Labute approximate surface area is 705 Å². The monoisotopic (exact) mass is 2140 g/mol. The lowest BCUT2D eigenvalue weighted by Crippen LogP contribution is -3.61. The van der Waals surface area contributed by atoms with Crippen molar-refractivity contribution >= 4 is 123 Å². The summed E-state index contributed by atoms with van der Waals surface area (Å²) in [7, 11) is -12.8. The number of hydrogen-bond acceptors (Lipinski definition) is 15. The van der Waals surface area contributed by atoms with Gasteiger partial charge in [-0.1, -0.05) is 152 Å². The van der Waals surface area contributed by atoms with Crippen LogP contribution in [0.5, 0.6) is 0 Å². The van der Waals surface area contributed by atoms with Crippen LogP contribution in [0.15, 0.2) is 109 Å². The third kappa shape index (κ3) is 24.6. The van der Waals surface area contributed by atoms with E-state index < -0.39 is 91.2 Å². The summed E-state index contributed by atoms with van der Waals surface area (Å²) >= 11 is 6.00. The van der Waals surface area contributed by atoms with Gasteiger partial charge in [-0.15, -0.1) is 0 Å². The third-order valence-electron chi connectivity index (χ3n) is 21.3. The largest absolute Gasteiger partial charge is 0.743 e. The molecule has 9 rings (SSSR count). The van der Waals surface area contributed by atoms with Crippen LogP contribution in [0.1, 0.15) is 214 Å². The van der Waals surface area contributed by atoms with Gasteiger partial charge in [-0.3, -0.25) is 24.0 Å². The van der Waals surface area contributed by atoms with E-state index in [0.717, 1.165) is 7.14 Å². The van der Waals surface area contributed by atoms with E-state index in [4.69, 9.17) is 4.74 Å². The van der Waals surface area contributed by atoms with E-state index in [-0.39, 0.29) is 149 Å². The van der Waals surface area contributed by atoms with Crippen molar-refractivity contribution in [1.29, 1.82) is 0 Å². The average Bonchev–Trinajstić information content (AvgIpc) is 1.41. The fourth-order valence-corrected chi connectivity index (χ4v) is 22.2. The maximum atomic E-state index is 13.8. The van der Waals surface area contributed by atoms with Crippen molar-refractivity contribution < 1.29 is 142 Å². The highest BCUT2D eigenvalue weighted by molar-refractivity contribution is 14.1. The molecule has 4 fully saturated rings. The highest BCUT2D eigenvalue weighted by atomic mass is 127. The van der Waals surface area contributed by atoms with Crippen LogP contribution >= 0.6 is 67.8 Å². The van der Waals surface area contributed by atoms with Crippen molar-refractivity contribution in [3.05, 3.63) is 162 Å². The van der Waals surface area contributed by atoms with Crippen molar-refractivity contribution in [2.75, 3.05) is 6.61 Å². The van der Waals surface area contributed by atoms with E-state index in [1.165, 1.54) is 36.5 Å². The molecule has 29 heteroatoms. The number of ether oxygens (including phenoxy) is 3. The molecule has 4 aliphatic carbocycles. The molecule has 4 saturated carbocycles. The van der Waals surface area contributed by atoms with Crippen LogP contribution in [0.4, 0.5) is 30.7 Å². The summed E-state index contributed by atoms with van der Waals surface area (Å²) in [6, 6.07) is 40.3. The third-order valence-corrected chi connectivity index (χ3v) is 32.2. The van der Waals surface area contributed by atoms with Gasteiger partial charge in [0, 0.05) is 60.6 Å². The minimum Gasteiger partial charge on any atom is -0.743 e. The SMILES string of the molecule is CC(C)(C)c1ccc([I+]c2ccc(C(C)(C)C)cc2)cc1.CC(C)(C)c1ccc([I+]c2ccc(C(C)(C)C)cc2)cc1.CC(CCC(=O)OC(C(F)(F)F)C(F)(F)S(=O)(=O)[O-])[C@H]1CC[C@H]2[C@@H]3C(=O)C[C@@H]4CC(=O)CC[C@]4(C)[C@H]3CC(=O)[C@]12C.CC(OC(=O)CCCOC(=O)c1cc(I)cc(I)c1I)C(F)(F)S(=O)(=O)[O-]. The first-order valence-corrected chi connectivity index (χ1v) is 46.3. The van der Waals surface area contributed by atoms with Gasteiger partial charge in [-0.25, -0.2) is 21.6 Å². The Hall–Kier alpha value is -3.50. The van der Waals surface area contributed by atoms with Gasteiger partial charge in [-0.2, -0.15) is 30.7 Å². The Morgan fingerprint density at radius 3 is 1.39 bits per heavy atom. The van der Waals surface area contributed by atoms with Gasteiger partial charge in [0.1, 0.15) is 17.3 Å². The van der Waals surface area contributed by atoms with Crippen LogP contribution in [-0.2, 0) is 80.1 Å². The van der Waals surface area contributed by atoms with Crippen molar-refractivity contribution in [3.63, 3.8) is 0 Å². The zero-order valence-electron chi connectivity index (χ0n) is 64.5. The van der Waals surface area contributed by atoms with Crippen LogP contribution in [0, 0.1) is 71.3 Å². The van der Waals surface area contributed by atoms with Crippen LogP contribution in [0.25, 0.3) is 0 Å². The number of hydrogen-bond donors (Lipinski definition) is 0. The Bertz CT molecular complexity index is 4100. The standard InChI is InChI=1S/C27H35F5O8S.2C20H26I.C14H13F2I3O7S/c1-13(4-7-21(36)40-23(26(28,29)30)27(31,32)41(37,38)39)16-5-6-17-22-18(12-20(35)25(16,17)3)24(2)9-8-15(33)10-14(24)11-19(22)34;2*1-19(2,3)15-7-11-17(12-8-15)21-18-13-9-16(10-14-18)20(4,5)6;1-7(14(15,16)27(22,23)24)26-11(20)3-2-4-25-13(21)9-5-8(17)6-10(18)12(9)19/h13-14,16-18,22-23H,4-12H2,1-3H3,(H,37,38,39);2*7-14H,1-6H3;5-7H,2-4H2,1H3,(H,22,23,24)/q;2*+1;/p-2/t13?,14-,16+,17-,18-,22-,23?,24-,25+;;;/m0.../s1. The molecular weight excluding hydrogens is 2040 g/mol. The van der Waals surface area contributed by atoms with Gasteiger partial charge in [0.25, 0.3) is 6.10 Å². The Morgan fingerprint density at radius 2 is 0.991 bits per heavy atom. The van der Waals surface area contributed by atoms with E-state index in [9.17, 15) is 85.4 Å². The first-order valence-electron chi connectivity index (χ1n) is 36.0. The first kappa shape index (κ1) is 95.3. The number of fused-ring (bicyclic) bond motifs is 5. The molecule has 0 heterocycles. The molecule has 15 nitrogen and oxygen atoms in total. The molecule has 608 valence electrons. The molecule has 0 bridgehead atoms. The highest BCUT2D eigenvalue weighted by Crippen LogP contribution is 2.66. The number of esters is 3. The average molecular weight is 2140 g/mol. The molecular formula is C81H98F7I5O15S2. The fourth-order valence-electron chi connectivity index (χ4n) is 14.6. The summed E-state index contributed by atoms with van der Waals surface area (Å²) in [4.78, 5) is 75.1. The zero-order chi connectivity index (χ0) is 83.3. The molecule has 110 heavy (non-hydrogen) atoms. The number of alkyl halides is 7. The number of Topliss-reactive ketones (excluding diaryl/α,β-unsaturated/α-hetero) is 3. The molecule has 0 radical (unpaired) electrons. The second-order valence-corrected chi connectivity index (χ2v) is 45.7. The van der Waals surface area contributed by atoms with Crippen molar-refractivity contribution in [2.24, 2.45) is 46.3 Å². The van der Waals surface area contributed by atoms with E-state index in [1.54, 1.807) is 19.9 Å². The molecule has 10 atom stereocenters. The van der Waals surface area contributed by atoms with Crippen LogP contribution in [0.2, 0.25) is 0 Å². The van der Waals surface area contributed by atoms with Crippen LogP contribution in [-0.4, -0.2) is 96.7 Å². The lowest BCUT2D eigenvalue weighted by molar-refractivity contribution is -0.597. The van der Waals surface area contributed by atoms with E-state index in [2.05, 4.69) is 242 Å². The van der Waals surface area contributed by atoms with Gasteiger partial charge >= 0.3 is 77.0 Å². The van der Waals surface area contributed by atoms with Crippen LogP contribution in [0.3, 0.4) is 0 Å². The van der Waals surface area contributed by atoms with E-state index >= 15 is 0 Å². The van der Waals surface area contributed by atoms with Gasteiger partial charge in [0.2, 0.25) is 0 Å². The maximum Gasteiger partial charge on any atom is 0.432 e. The molecule has 5 aromatic rings. The number of ketones is 3. The van der Waals surface area contributed by atoms with Crippen molar-refractivity contribution in [1.82, 2.24) is 0 Å². The van der Waals surface area contributed by atoms with Gasteiger partial charge in [0.15, 0.2) is 40.6 Å². The van der Waals surface area contributed by atoms with Gasteiger partial charge < -0.3 is 23.3 Å². The molecule has 0 N–H and O–H groups in total. The summed E-state index contributed by atoms with van der Waals surface area (Å²) in [6.07, 6.45) is -11.4. The van der Waals surface area contributed by atoms with Crippen molar-refractivity contribution in [3.8, 4) is 0 Å². The lowest BCUT2D eigenvalue weighted by Gasteiger charge is -2.58. The summed E-state index contributed by atoms with van der Waals surface area (Å²) in [5, 5.41) is -10.6. The zero-order valence-corrected chi connectivity index (χ0v) is 76.9. The summed E-state index contributed by atoms with van der Waals surface area (Å²) in [6.45, 7) is 33.2. The lowest BCUT2D eigenvalue weighted by atomic mass is 9.44. The number of benzene rings is 5. The topological polar surface area (TPSA) is 245 Å². The molecule has 4 aliphatic rings. The number of carbonyl (C=O) groups excluding carboxylic acids is 6. The Kier molecular flexibility index (Phi) is 32.4. The van der Waals surface area contributed by atoms with Crippen LogP contribution < -0.4 is 42.4 Å². The predicted octanol–water partition coefficient (Wildman–Crippen LogP) is 12.9. The molecule has 0 aromatic heterocycles. The Balaban J connectivity index is 0.000000239. The number of rotatable bonds is 19. The maximum absolute atomic E-state index is 13.8. The molecule has 0 aliphatic heterocycles. The summed E-state index contributed by atoms with van der Waals surface area (Å²) < 4.78 is 178. The highest BCUT2D eigenvalue weighted by Gasteiger charge is 2.67. The molecule has 0 saturated heterocycles. The van der Waals surface area contributed by atoms with E-state index in [1.807, 2.05) is 28.7 Å². The Morgan fingerprint density at radius 1 is 0.573 bits per heavy atom. The van der Waals surface area contributed by atoms with Gasteiger partial charge in [0.05, 0.1) is 12.2 Å². The predicted molar refractivity (Wildman–Crippen MR) is 420 cm³/mol. The van der Waals surface area contributed by atoms with E-state index in [0.29, 0.717) is 48.2 Å². The quantitative estimate of drug-likeness (QED) is 0.0142. The van der Waals surface area contributed by atoms with Gasteiger partial charge in [-0.05, 0) is 246 Å². The second kappa shape index (κ2) is 37.4. The van der Waals surface area contributed by atoms with Crippen molar-refractivity contribution in [2.45, 2.75) is 232 Å². The smallest absolute Gasteiger partial charge is 0.432 e. The molecule has 3 unspecified atom stereocenters. The normalized spacial score (nSPS) is 22.0. The first-order chi connectivity index (χ1) is 50.2. The summed E-state index contributed by atoms with van der Waals surface area (Å²) in [5.74, 6) is -5.08. The minimum atomic E-state index is -6.79. The summed E-state index contributed by atoms with van der Waals surface area (Å²) in [5.41, 5.74) is 5.74. The fraction of sp³-hybridized carbons (Fsp3) is 0.556. The second-order valence-electron chi connectivity index (χ2n) is 33.2. The molecule has 0 amide bonds. The molecule has 0 spiro atoms. The number of halogens is 12. The minimum absolute atomic E-state index is 0.0232. The molecule has 5 aromatic carbocycles. The number of carbonyl (C=O) groups is 6.